The summed E-state index contributed by atoms with van der Waals surface area (Å²) in [5.74, 6) is 0.679. The summed E-state index contributed by atoms with van der Waals surface area (Å²) in [7, 11) is 0. The van der Waals surface area contributed by atoms with Crippen molar-refractivity contribution in [1.29, 1.82) is 0 Å². The average Bonchev–Trinajstić information content (AvgIpc) is 2.38. The zero-order valence-electron chi connectivity index (χ0n) is 10.4. The summed E-state index contributed by atoms with van der Waals surface area (Å²) >= 11 is 0. The lowest BCUT2D eigenvalue weighted by Gasteiger charge is -2.30. The number of nitrogens with one attached hydrogen (secondary N) is 1. The summed E-state index contributed by atoms with van der Waals surface area (Å²) in [4.78, 5) is 0. The van der Waals surface area contributed by atoms with Gasteiger partial charge in [-0.25, -0.2) is 0 Å². The Morgan fingerprint density at radius 3 is 2.44 bits per heavy atom. The lowest BCUT2D eigenvalue weighted by Crippen LogP contribution is -2.31. The fourth-order valence-corrected chi connectivity index (χ4v) is 2.53. The Balaban J connectivity index is 2.09. The van der Waals surface area contributed by atoms with Crippen LogP contribution >= 0.6 is 0 Å². The Hall–Kier alpha value is -1.03. The van der Waals surface area contributed by atoms with Crippen molar-refractivity contribution in [3.8, 4) is 0 Å². The largest absolute Gasteiger partial charge is 0.416 e. The molecule has 0 saturated carbocycles. The van der Waals surface area contributed by atoms with Crippen LogP contribution in [0.15, 0.2) is 24.3 Å². The van der Waals surface area contributed by atoms with Gasteiger partial charge in [0.1, 0.15) is 0 Å². The van der Waals surface area contributed by atoms with Gasteiger partial charge in [-0.3, -0.25) is 0 Å². The van der Waals surface area contributed by atoms with E-state index in [9.17, 15) is 13.2 Å². The van der Waals surface area contributed by atoms with Gasteiger partial charge in [0.2, 0.25) is 0 Å². The topological polar surface area (TPSA) is 12.0 Å². The van der Waals surface area contributed by atoms with Gasteiger partial charge in [-0.15, -0.1) is 0 Å². The van der Waals surface area contributed by atoms with E-state index in [1.165, 1.54) is 12.1 Å². The van der Waals surface area contributed by atoms with Crippen LogP contribution in [0.2, 0.25) is 0 Å². The zero-order valence-corrected chi connectivity index (χ0v) is 10.4. The van der Waals surface area contributed by atoms with Crippen molar-refractivity contribution in [1.82, 2.24) is 5.32 Å². The highest BCUT2D eigenvalue weighted by Gasteiger charge is 2.30. The third-order valence-corrected chi connectivity index (χ3v) is 3.73. The quantitative estimate of drug-likeness (QED) is 0.839. The Morgan fingerprint density at radius 2 is 1.89 bits per heavy atom. The van der Waals surface area contributed by atoms with Crippen molar-refractivity contribution < 1.29 is 13.2 Å². The highest BCUT2D eigenvalue weighted by Crippen LogP contribution is 2.32. The molecule has 100 valence electrons. The van der Waals surface area contributed by atoms with Crippen LogP contribution in [0.1, 0.15) is 43.4 Å². The van der Waals surface area contributed by atoms with Crippen LogP contribution in [0.3, 0.4) is 0 Å². The molecule has 1 nitrogen and oxygen atoms in total. The summed E-state index contributed by atoms with van der Waals surface area (Å²) in [5, 5.41) is 3.38. The van der Waals surface area contributed by atoms with Gasteiger partial charge >= 0.3 is 6.18 Å². The molecule has 1 N–H and O–H groups in total. The minimum Gasteiger partial charge on any atom is -0.310 e. The fraction of sp³-hybridized carbons (Fsp3) is 0.571. The third-order valence-electron chi connectivity index (χ3n) is 3.73. The number of benzene rings is 1. The van der Waals surface area contributed by atoms with Crippen LogP contribution in [-0.4, -0.2) is 6.54 Å². The van der Waals surface area contributed by atoms with Gasteiger partial charge in [-0.1, -0.05) is 25.5 Å². The van der Waals surface area contributed by atoms with Crippen LogP contribution in [0.4, 0.5) is 13.2 Å². The van der Waals surface area contributed by atoms with Gasteiger partial charge in [0.25, 0.3) is 0 Å². The van der Waals surface area contributed by atoms with Gasteiger partial charge < -0.3 is 5.32 Å². The second-order valence-electron chi connectivity index (χ2n) is 4.93. The molecule has 1 heterocycles. The van der Waals surface area contributed by atoms with E-state index in [2.05, 4.69) is 12.2 Å². The molecule has 0 bridgehead atoms. The number of hydrogen-bond acceptors (Lipinski definition) is 1. The maximum absolute atomic E-state index is 12.5. The molecule has 1 aromatic rings. The molecule has 2 unspecified atom stereocenters. The Labute approximate surface area is 105 Å². The first-order valence-corrected chi connectivity index (χ1v) is 6.41. The monoisotopic (exact) mass is 257 g/mol. The lowest BCUT2D eigenvalue weighted by molar-refractivity contribution is -0.137. The molecule has 0 spiro atoms. The fourth-order valence-electron chi connectivity index (χ4n) is 2.53. The van der Waals surface area contributed by atoms with E-state index < -0.39 is 11.7 Å². The minimum atomic E-state index is -4.25. The van der Waals surface area contributed by atoms with Crippen molar-refractivity contribution in [3.63, 3.8) is 0 Å². The number of alkyl halides is 3. The minimum absolute atomic E-state index is 0.200. The predicted molar refractivity (Wildman–Crippen MR) is 65.2 cm³/mol. The Bertz CT molecular complexity index is 383. The van der Waals surface area contributed by atoms with E-state index in [-0.39, 0.29) is 6.04 Å². The normalized spacial score (nSPS) is 25.1. The second-order valence-corrected chi connectivity index (χ2v) is 4.93. The molecule has 0 amide bonds. The molecule has 1 aliphatic rings. The van der Waals surface area contributed by atoms with Crippen LogP contribution < -0.4 is 5.32 Å². The number of hydrogen-bond donors (Lipinski definition) is 1. The SMILES string of the molecule is CCC1CCNC(c2ccc(C(F)(F)F)cc2)C1. The van der Waals surface area contributed by atoms with Gasteiger partial charge in [-0.2, -0.15) is 13.2 Å². The number of piperidine rings is 1. The first-order valence-electron chi connectivity index (χ1n) is 6.41. The molecular formula is C14H18F3N. The Morgan fingerprint density at radius 1 is 1.22 bits per heavy atom. The molecule has 4 heteroatoms. The summed E-state index contributed by atoms with van der Waals surface area (Å²) < 4.78 is 37.4. The summed E-state index contributed by atoms with van der Waals surface area (Å²) in [6.45, 7) is 3.12. The number of rotatable bonds is 2. The molecule has 0 aliphatic carbocycles. The smallest absolute Gasteiger partial charge is 0.310 e. The van der Waals surface area contributed by atoms with Crippen molar-refractivity contribution in [2.75, 3.05) is 6.54 Å². The molecule has 1 aromatic carbocycles. The molecule has 1 fully saturated rings. The predicted octanol–water partition coefficient (Wildman–Crippen LogP) is 4.16. The van der Waals surface area contributed by atoms with Crippen molar-refractivity contribution >= 4 is 0 Å². The molecule has 1 saturated heterocycles. The van der Waals surface area contributed by atoms with Crippen molar-refractivity contribution in [3.05, 3.63) is 35.4 Å². The molecule has 0 radical (unpaired) electrons. The van der Waals surface area contributed by atoms with Gasteiger partial charge in [-0.05, 0) is 43.0 Å². The first kappa shape index (κ1) is 13.4. The van der Waals surface area contributed by atoms with Gasteiger partial charge in [0, 0.05) is 6.04 Å². The molecule has 18 heavy (non-hydrogen) atoms. The molecule has 0 aromatic heterocycles. The van der Waals surface area contributed by atoms with Crippen LogP contribution in [-0.2, 0) is 6.18 Å². The summed E-state index contributed by atoms with van der Waals surface area (Å²) in [6.07, 6.45) is -0.932. The van der Waals surface area contributed by atoms with E-state index in [1.807, 2.05) is 0 Å². The van der Waals surface area contributed by atoms with E-state index in [1.54, 1.807) is 12.1 Å². The van der Waals surface area contributed by atoms with E-state index in [0.29, 0.717) is 5.92 Å². The zero-order chi connectivity index (χ0) is 13.2. The molecule has 2 rings (SSSR count). The van der Waals surface area contributed by atoms with Crippen molar-refractivity contribution in [2.45, 2.75) is 38.4 Å². The second kappa shape index (κ2) is 5.31. The van der Waals surface area contributed by atoms with Crippen LogP contribution in [0.5, 0.6) is 0 Å². The standard InChI is InChI=1S/C14H18F3N/c1-2-10-7-8-18-13(9-10)11-3-5-12(6-4-11)14(15,16)17/h3-6,10,13,18H,2,7-9H2,1H3. The van der Waals surface area contributed by atoms with E-state index in [4.69, 9.17) is 0 Å². The molecular weight excluding hydrogens is 239 g/mol. The van der Waals surface area contributed by atoms with Gasteiger partial charge in [0.15, 0.2) is 0 Å². The Kier molecular flexibility index (Phi) is 3.95. The maximum atomic E-state index is 12.5. The van der Waals surface area contributed by atoms with Crippen LogP contribution in [0.25, 0.3) is 0 Å². The highest BCUT2D eigenvalue weighted by atomic mass is 19.4. The van der Waals surface area contributed by atoms with Gasteiger partial charge in [0.05, 0.1) is 5.56 Å². The summed E-state index contributed by atoms with van der Waals surface area (Å²) in [6, 6.07) is 5.74. The maximum Gasteiger partial charge on any atom is 0.416 e. The first-order chi connectivity index (χ1) is 8.50. The lowest BCUT2D eigenvalue weighted by atomic mass is 9.87. The van der Waals surface area contributed by atoms with Crippen LogP contribution in [0, 0.1) is 5.92 Å². The number of halogens is 3. The molecule has 1 aliphatic heterocycles. The molecule has 2 atom stereocenters. The third kappa shape index (κ3) is 3.05. The van der Waals surface area contributed by atoms with E-state index >= 15 is 0 Å². The van der Waals surface area contributed by atoms with E-state index in [0.717, 1.165) is 31.4 Å². The highest BCUT2D eigenvalue weighted by molar-refractivity contribution is 5.27. The summed E-state index contributed by atoms with van der Waals surface area (Å²) in [5.41, 5.74) is 0.384. The van der Waals surface area contributed by atoms with Crippen molar-refractivity contribution in [2.24, 2.45) is 5.92 Å². The average molecular weight is 257 g/mol.